The lowest BCUT2D eigenvalue weighted by molar-refractivity contribution is -0.125. The molecule has 5 heteroatoms. The molecule has 1 aromatic rings. The van der Waals surface area contributed by atoms with Gasteiger partial charge in [-0.05, 0) is 5.56 Å². The summed E-state index contributed by atoms with van der Waals surface area (Å²) < 4.78 is 0. The zero-order valence-corrected chi connectivity index (χ0v) is 8.14. The topological polar surface area (TPSA) is 98.2 Å². The number of rotatable bonds is 4. The Bertz CT molecular complexity index is 351. The molecule has 1 aromatic carbocycles. The van der Waals surface area contributed by atoms with Crippen LogP contribution < -0.4 is 16.8 Å². The Morgan fingerprint density at radius 3 is 2.40 bits per heavy atom. The van der Waals surface area contributed by atoms with E-state index in [0.29, 0.717) is 5.56 Å². The Morgan fingerprint density at radius 1 is 1.27 bits per heavy atom. The third kappa shape index (κ3) is 3.40. The smallest absolute Gasteiger partial charge is 0.241 e. The van der Waals surface area contributed by atoms with E-state index in [0.717, 1.165) is 0 Å². The summed E-state index contributed by atoms with van der Waals surface area (Å²) in [6.07, 6.45) is 0. The van der Waals surface area contributed by atoms with E-state index >= 15 is 0 Å². The van der Waals surface area contributed by atoms with E-state index in [-0.39, 0.29) is 6.54 Å². The van der Waals surface area contributed by atoms with Gasteiger partial charge in [-0.1, -0.05) is 30.3 Å². The molecular weight excluding hydrogens is 194 g/mol. The van der Waals surface area contributed by atoms with Crippen LogP contribution in [0.5, 0.6) is 0 Å². The van der Waals surface area contributed by atoms with Crippen LogP contribution in [-0.4, -0.2) is 18.4 Å². The molecule has 0 bridgehead atoms. The summed E-state index contributed by atoms with van der Waals surface area (Å²) in [6, 6.07) is 8.12. The highest BCUT2D eigenvalue weighted by atomic mass is 16.2. The molecule has 0 spiro atoms. The van der Waals surface area contributed by atoms with Gasteiger partial charge in [-0.25, -0.2) is 0 Å². The van der Waals surface area contributed by atoms with E-state index in [9.17, 15) is 9.59 Å². The first-order valence-electron chi connectivity index (χ1n) is 4.48. The van der Waals surface area contributed by atoms with Gasteiger partial charge in [0.05, 0.1) is 6.54 Å². The largest absolute Gasteiger partial charge is 0.368 e. The summed E-state index contributed by atoms with van der Waals surface area (Å²) in [4.78, 5) is 21.8. The van der Waals surface area contributed by atoms with Crippen LogP contribution in [0.15, 0.2) is 30.3 Å². The van der Waals surface area contributed by atoms with Crippen LogP contribution in [0.25, 0.3) is 0 Å². The number of nitrogens with one attached hydrogen (secondary N) is 1. The molecule has 1 atom stereocenters. The second-order valence-corrected chi connectivity index (χ2v) is 3.07. The minimum absolute atomic E-state index is 0.195. The predicted molar refractivity (Wildman–Crippen MR) is 55.6 cm³/mol. The molecule has 0 fully saturated rings. The van der Waals surface area contributed by atoms with Crippen LogP contribution in [0.1, 0.15) is 11.6 Å². The number of nitrogens with two attached hydrogens (primary N) is 2. The second-order valence-electron chi connectivity index (χ2n) is 3.07. The van der Waals surface area contributed by atoms with Crippen molar-refractivity contribution in [1.29, 1.82) is 0 Å². The molecule has 0 heterocycles. The molecule has 2 amide bonds. The molecule has 80 valence electrons. The summed E-state index contributed by atoms with van der Waals surface area (Å²) in [5.74, 6) is -1.01. The Labute approximate surface area is 87.4 Å². The standard InChI is InChI=1S/C10H13N3O2/c11-8(14)6-13-10(15)9(12)7-4-2-1-3-5-7/h1-5,9H,6,12H2,(H2,11,14)(H,13,15). The zero-order valence-electron chi connectivity index (χ0n) is 8.14. The van der Waals surface area contributed by atoms with Gasteiger partial charge in [0.25, 0.3) is 0 Å². The van der Waals surface area contributed by atoms with Gasteiger partial charge in [-0.15, -0.1) is 0 Å². The number of amides is 2. The maximum absolute atomic E-state index is 11.4. The van der Waals surface area contributed by atoms with Crippen molar-refractivity contribution in [3.8, 4) is 0 Å². The number of carbonyl (C=O) groups excluding carboxylic acids is 2. The average Bonchev–Trinajstić information content (AvgIpc) is 2.26. The van der Waals surface area contributed by atoms with Gasteiger partial charge in [0.1, 0.15) is 6.04 Å². The summed E-state index contributed by atoms with van der Waals surface area (Å²) in [5, 5.41) is 2.34. The van der Waals surface area contributed by atoms with Gasteiger partial charge in [0.2, 0.25) is 11.8 Å². The number of carbonyl (C=O) groups is 2. The maximum Gasteiger partial charge on any atom is 0.241 e. The number of primary amides is 1. The Balaban J connectivity index is 2.57. The molecule has 5 N–H and O–H groups in total. The molecule has 1 rings (SSSR count). The van der Waals surface area contributed by atoms with Gasteiger partial charge in [-0.3, -0.25) is 9.59 Å². The lowest BCUT2D eigenvalue weighted by atomic mass is 10.1. The highest BCUT2D eigenvalue weighted by Crippen LogP contribution is 2.08. The first-order valence-corrected chi connectivity index (χ1v) is 4.48. The highest BCUT2D eigenvalue weighted by molar-refractivity contribution is 5.87. The zero-order chi connectivity index (χ0) is 11.3. The van der Waals surface area contributed by atoms with Crippen molar-refractivity contribution in [3.63, 3.8) is 0 Å². The fraction of sp³-hybridized carbons (Fsp3) is 0.200. The van der Waals surface area contributed by atoms with Crippen molar-refractivity contribution in [2.75, 3.05) is 6.54 Å². The summed E-state index contributed by atoms with van der Waals surface area (Å²) in [5.41, 5.74) is 11.2. The molecular formula is C10H13N3O2. The number of benzene rings is 1. The van der Waals surface area contributed by atoms with Crippen molar-refractivity contribution in [2.24, 2.45) is 11.5 Å². The van der Waals surface area contributed by atoms with Crippen LogP contribution in [0.2, 0.25) is 0 Å². The molecule has 0 aliphatic heterocycles. The van der Waals surface area contributed by atoms with E-state index in [1.807, 2.05) is 6.07 Å². The molecule has 0 radical (unpaired) electrons. The monoisotopic (exact) mass is 207 g/mol. The lowest BCUT2D eigenvalue weighted by Gasteiger charge is -2.11. The quantitative estimate of drug-likeness (QED) is 0.608. The van der Waals surface area contributed by atoms with Crippen LogP contribution in [0, 0.1) is 0 Å². The molecule has 0 aromatic heterocycles. The van der Waals surface area contributed by atoms with Crippen LogP contribution in [0.4, 0.5) is 0 Å². The summed E-state index contributed by atoms with van der Waals surface area (Å²) in [6.45, 7) is -0.195. The van der Waals surface area contributed by atoms with Gasteiger partial charge in [0, 0.05) is 0 Å². The third-order valence-corrected chi connectivity index (χ3v) is 1.88. The van der Waals surface area contributed by atoms with Crippen molar-refractivity contribution < 1.29 is 9.59 Å². The van der Waals surface area contributed by atoms with Crippen LogP contribution >= 0.6 is 0 Å². The highest BCUT2D eigenvalue weighted by Gasteiger charge is 2.14. The average molecular weight is 207 g/mol. The van der Waals surface area contributed by atoms with Crippen LogP contribution in [-0.2, 0) is 9.59 Å². The van der Waals surface area contributed by atoms with Crippen molar-refractivity contribution in [2.45, 2.75) is 6.04 Å². The second kappa shape index (κ2) is 5.11. The van der Waals surface area contributed by atoms with E-state index in [1.54, 1.807) is 24.3 Å². The van der Waals surface area contributed by atoms with E-state index < -0.39 is 17.9 Å². The summed E-state index contributed by atoms with van der Waals surface area (Å²) in [7, 11) is 0. The van der Waals surface area contributed by atoms with Gasteiger partial charge in [-0.2, -0.15) is 0 Å². The lowest BCUT2D eigenvalue weighted by Crippen LogP contribution is -2.39. The van der Waals surface area contributed by atoms with Gasteiger partial charge >= 0.3 is 0 Å². The first kappa shape index (κ1) is 11.2. The molecule has 0 saturated carbocycles. The fourth-order valence-electron chi connectivity index (χ4n) is 1.10. The van der Waals surface area contributed by atoms with Crippen LogP contribution in [0.3, 0.4) is 0 Å². The molecule has 0 saturated heterocycles. The summed E-state index contributed by atoms with van der Waals surface area (Å²) >= 11 is 0. The van der Waals surface area contributed by atoms with Crippen molar-refractivity contribution in [3.05, 3.63) is 35.9 Å². The third-order valence-electron chi connectivity index (χ3n) is 1.88. The molecule has 1 unspecified atom stereocenters. The van der Waals surface area contributed by atoms with E-state index in [1.165, 1.54) is 0 Å². The predicted octanol–water partition coefficient (Wildman–Crippen LogP) is -0.712. The number of hydrogen-bond donors (Lipinski definition) is 3. The van der Waals surface area contributed by atoms with Gasteiger partial charge < -0.3 is 16.8 Å². The molecule has 0 aliphatic carbocycles. The normalized spacial score (nSPS) is 11.8. The van der Waals surface area contributed by atoms with E-state index in [2.05, 4.69) is 5.32 Å². The van der Waals surface area contributed by atoms with Crippen molar-refractivity contribution >= 4 is 11.8 Å². The number of hydrogen-bond acceptors (Lipinski definition) is 3. The minimum atomic E-state index is -0.773. The molecule has 0 aliphatic rings. The molecule has 15 heavy (non-hydrogen) atoms. The Hall–Kier alpha value is -1.88. The first-order chi connectivity index (χ1) is 7.11. The van der Waals surface area contributed by atoms with Crippen molar-refractivity contribution in [1.82, 2.24) is 5.32 Å². The fourth-order valence-corrected chi connectivity index (χ4v) is 1.10. The SMILES string of the molecule is NC(=O)CNC(=O)C(N)c1ccccc1. The minimum Gasteiger partial charge on any atom is -0.368 e. The van der Waals surface area contributed by atoms with Gasteiger partial charge in [0.15, 0.2) is 0 Å². The Kier molecular flexibility index (Phi) is 3.82. The van der Waals surface area contributed by atoms with E-state index in [4.69, 9.17) is 11.5 Å². The maximum atomic E-state index is 11.4. The molecule has 5 nitrogen and oxygen atoms in total. The Morgan fingerprint density at radius 2 is 1.87 bits per heavy atom.